The van der Waals surface area contributed by atoms with Crippen LogP contribution >= 0.6 is 0 Å². The second-order valence-electron chi connectivity index (χ2n) is 5.49. The summed E-state index contributed by atoms with van der Waals surface area (Å²) in [6.07, 6.45) is 3.11. The van der Waals surface area contributed by atoms with E-state index in [2.05, 4.69) is 15.6 Å². The highest BCUT2D eigenvalue weighted by Crippen LogP contribution is 2.28. The van der Waals surface area contributed by atoms with Crippen LogP contribution in [-0.2, 0) is 4.79 Å². The summed E-state index contributed by atoms with van der Waals surface area (Å²) in [5.74, 6) is -0.682. The molecule has 0 radical (unpaired) electrons. The maximum atomic E-state index is 13.9. The number of nitrogens with zero attached hydrogens (tertiary/aromatic N) is 2. The second kappa shape index (κ2) is 7.22. The number of pyridine rings is 1. The Morgan fingerprint density at radius 2 is 2.24 bits per heavy atom. The number of rotatable bonds is 5. The lowest BCUT2D eigenvalue weighted by molar-refractivity contribution is -0.385. The number of hydrogen-bond donors (Lipinski definition) is 2. The second-order valence-corrected chi connectivity index (χ2v) is 5.49. The van der Waals surface area contributed by atoms with Gasteiger partial charge in [-0.25, -0.2) is 9.37 Å². The van der Waals surface area contributed by atoms with Gasteiger partial charge in [-0.05, 0) is 31.5 Å². The van der Waals surface area contributed by atoms with Gasteiger partial charge in [-0.3, -0.25) is 14.9 Å². The predicted molar refractivity (Wildman–Crippen MR) is 87.0 cm³/mol. The number of amides is 1. The number of non-ortho nitro benzene ring substituents is 1. The molecule has 1 fully saturated rings. The first kappa shape index (κ1) is 16.8. The molecule has 0 aliphatic carbocycles. The fourth-order valence-corrected chi connectivity index (χ4v) is 2.48. The van der Waals surface area contributed by atoms with E-state index in [1.54, 1.807) is 0 Å². The number of carbonyl (C=O) groups is 1. The Balaban J connectivity index is 1.71. The fourth-order valence-electron chi connectivity index (χ4n) is 2.48. The standard InChI is InChI=1S/C16H15FN4O4/c17-12-8-10(21(23)24)3-4-14(12)25-11-5-7-19-15(9-11)20-16(22)13-2-1-6-18-13/h3-5,7-9,13,18H,1-2,6H2,(H,19,20,22). The van der Waals surface area contributed by atoms with Crippen LogP contribution in [0.4, 0.5) is 15.9 Å². The number of carbonyl (C=O) groups excluding carboxylic acids is 1. The van der Waals surface area contributed by atoms with E-state index in [-0.39, 0.29) is 35.0 Å². The Labute approximate surface area is 142 Å². The lowest BCUT2D eigenvalue weighted by Crippen LogP contribution is -2.35. The van der Waals surface area contributed by atoms with Crippen LogP contribution in [0.5, 0.6) is 11.5 Å². The molecular formula is C16H15FN4O4. The van der Waals surface area contributed by atoms with Crippen LogP contribution in [0.25, 0.3) is 0 Å². The van der Waals surface area contributed by atoms with Gasteiger partial charge < -0.3 is 15.4 Å². The van der Waals surface area contributed by atoms with Crippen molar-refractivity contribution in [3.8, 4) is 11.5 Å². The first-order valence-corrected chi connectivity index (χ1v) is 7.65. The van der Waals surface area contributed by atoms with Crippen molar-refractivity contribution in [3.63, 3.8) is 0 Å². The number of halogens is 1. The summed E-state index contributed by atoms with van der Waals surface area (Å²) in [5.41, 5.74) is -0.364. The van der Waals surface area contributed by atoms with Gasteiger partial charge in [-0.2, -0.15) is 0 Å². The Hall–Kier alpha value is -3.07. The maximum Gasteiger partial charge on any atom is 0.272 e. The van der Waals surface area contributed by atoms with E-state index in [0.29, 0.717) is 0 Å². The summed E-state index contributed by atoms with van der Waals surface area (Å²) >= 11 is 0. The van der Waals surface area contributed by atoms with Crippen molar-refractivity contribution in [2.45, 2.75) is 18.9 Å². The molecule has 1 amide bonds. The van der Waals surface area contributed by atoms with Crippen LogP contribution in [0.1, 0.15) is 12.8 Å². The Bertz CT molecular complexity index is 808. The first-order valence-electron chi connectivity index (χ1n) is 7.65. The molecular weight excluding hydrogens is 331 g/mol. The third-order valence-electron chi connectivity index (χ3n) is 3.71. The van der Waals surface area contributed by atoms with Crippen molar-refractivity contribution in [1.29, 1.82) is 0 Å². The highest BCUT2D eigenvalue weighted by molar-refractivity contribution is 5.94. The lowest BCUT2D eigenvalue weighted by atomic mass is 10.2. The molecule has 3 rings (SSSR count). The van der Waals surface area contributed by atoms with Crippen LogP contribution in [0, 0.1) is 15.9 Å². The number of aromatic nitrogens is 1. The van der Waals surface area contributed by atoms with Gasteiger partial charge in [-0.1, -0.05) is 0 Å². The number of hydrogen-bond acceptors (Lipinski definition) is 6. The van der Waals surface area contributed by atoms with Gasteiger partial charge in [0.15, 0.2) is 11.6 Å². The maximum absolute atomic E-state index is 13.9. The largest absolute Gasteiger partial charge is 0.454 e. The minimum absolute atomic E-state index is 0.161. The summed E-state index contributed by atoms with van der Waals surface area (Å²) < 4.78 is 19.3. The first-order chi connectivity index (χ1) is 12.0. The van der Waals surface area contributed by atoms with Crippen molar-refractivity contribution in [2.75, 3.05) is 11.9 Å². The molecule has 1 atom stereocenters. The highest BCUT2D eigenvalue weighted by Gasteiger charge is 2.22. The molecule has 25 heavy (non-hydrogen) atoms. The van der Waals surface area contributed by atoms with Crippen molar-refractivity contribution in [3.05, 3.63) is 52.5 Å². The van der Waals surface area contributed by atoms with Crippen LogP contribution in [0.2, 0.25) is 0 Å². The summed E-state index contributed by atoms with van der Waals surface area (Å²) in [6, 6.07) is 5.80. The molecule has 2 heterocycles. The third kappa shape index (κ3) is 4.07. The minimum atomic E-state index is -0.855. The summed E-state index contributed by atoms with van der Waals surface area (Å²) in [6.45, 7) is 0.800. The highest BCUT2D eigenvalue weighted by atomic mass is 19.1. The average Bonchev–Trinajstić information content (AvgIpc) is 3.11. The molecule has 1 saturated heterocycles. The van der Waals surface area contributed by atoms with E-state index in [9.17, 15) is 19.3 Å². The molecule has 1 aromatic carbocycles. The van der Waals surface area contributed by atoms with Gasteiger partial charge in [0.1, 0.15) is 11.6 Å². The number of nitro groups is 1. The van der Waals surface area contributed by atoms with Gasteiger partial charge in [0.25, 0.3) is 5.69 Å². The van der Waals surface area contributed by atoms with E-state index in [1.807, 2.05) is 0 Å². The van der Waals surface area contributed by atoms with Gasteiger partial charge >= 0.3 is 0 Å². The summed E-state index contributed by atoms with van der Waals surface area (Å²) in [7, 11) is 0. The van der Waals surface area contributed by atoms with E-state index in [4.69, 9.17) is 4.74 Å². The van der Waals surface area contributed by atoms with Gasteiger partial charge in [0.05, 0.1) is 17.0 Å². The molecule has 1 unspecified atom stereocenters. The van der Waals surface area contributed by atoms with Crippen LogP contribution in [-0.4, -0.2) is 28.4 Å². The SMILES string of the molecule is O=C(Nc1cc(Oc2ccc([N+](=O)[O-])cc2F)ccn1)C1CCCN1. The number of anilines is 1. The predicted octanol–water partition coefficient (Wildman–Crippen LogP) is 2.61. The molecule has 9 heteroatoms. The van der Waals surface area contributed by atoms with Gasteiger partial charge in [-0.15, -0.1) is 0 Å². The quantitative estimate of drug-likeness (QED) is 0.637. The molecule has 1 aromatic heterocycles. The Morgan fingerprint density at radius 3 is 2.92 bits per heavy atom. The molecule has 0 bridgehead atoms. The molecule has 2 aromatic rings. The van der Waals surface area contributed by atoms with Crippen molar-refractivity contribution < 1.29 is 18.8 Å². The van der Waals surface area contributed by atoms with Crippen molar-refractivity contribution >= 4 is 17.4 Å². The van der Waals surface area contributed by atoms with E-state index in [1.165, 1.54) is 24.4 Å². The Morgan fingerprint density at radius 1 is 1.40 bits per heavy atom. The molecule has 130 valence electrons. The van der Waals surface area contributed by atoms with Crippen molar-refractivity contribution in [1.82, 2.24) is 10.3 Å². The monoisotopic (exact) mass is 346 g/mol. The minimum Gasteiger partial charge on any atom is -0.454 e. The molecule has 1 aliphatic rings. The van der Waals surface area contributed by atoms with E-state index >= 15 is 0 Å². The average molecular weight is 346 g/mol. The molecule has 1 aliphatic heterocycles. The smallest absolute Gasteiger partial charge is 0.272 e. The lowest BCUT2D eigenvalue weighted by Gasteiger charge is -2.11. The fraction of sp³-hybridized carbons (Fsp3) is 0.250. The van der Waals surface area contributed by atoms with Gasteiger partial charge in [0, 0.05) is 18.3 Å². The third-order valence-corrected chi connectivity index (χ3v) is 3.71. The van der Waals surface area contributed by atoms with Crippen LogP contribution < -0.4 is 15.4 Å². The summed E-state index contributed by atoms with van der Waals surface area (Å²) in [5, 5.41) is 16.4. The van der Waals surface area contributed by atoms with E-state index < -0.39 is 10.7 Å². The molecule has 0 saturated carbocycles. The molecule has 8 nitrogen and oxygen atoms in total. The zero-order chi connectivity index (χ0) is 17.8. The van der Waals surface area contributed by atoms with Crippen LogP contribution in [0.3, 0.4) is 0 Å². The Kier molecular flexibility index (Phi) is 4.85. The normalized spacial score (nSPS) is 16.4. The zero-order valence-electron chi connectivity index (χ0n) is 13.1. The number of ether oxygens (including phenoxy) is 1. The topological polar surface area (TPSA) is 106 Å². The molecule has 0 spiro atoms. The van der Waals surface area contributed by atoms with Crippen LogP contribution in [0.15, 0.2) is 36.5 Å². The number of nitrogens with one attached hydrogen (secondary N) is 2. The summed E-state index contributed by atoms with van der Waals surface area (Å²) in [4.78, 5) is 26.0. The van der Waals surface area contributed by atoms with E-state index in [0.717, 1.165) is 31.5 Å². The number of benzene rings is 1. The van der Waals surface area contributed by atoms with Crippen molar-refractivity contribution in [2.24, 2.45) is 0 Å². The van der Waals surface area contributed by atoms with Gasteiger partial charge in [0.2, 0.25) is 5.91 Å². The number of nitro benzene ring substituents is 1. The zero-order valence-corrected chi connectivity index (χ0v) is 13.1. The molecule has 2 N–H and O–H groups in total.